The van der Waals surface area contributed by atoms with Crippen LogP contribution >= 0.6 is 15.9 Å². The molecule has 3 nitrogen and oxygen atoms in total. The lowest BCUT2D eigenvalue weighted by molar-refractivity contribution is 0.293. The maximum Gasteiger partial charge on any atom is 0.213 e. The predicted octanol–water partition coefficient (Wildman–Crippen LogP) is 2.88. The van der Waals surface area contributed by atoms with Crippen LogP contribution in [-0.4, -0.2) is 4.98 Å². The van der Waals surface area contributed by atoms with Gasteiger partial charge in [0.25, 0.3) is 0 Å². The van der Waals surface area contributed by atoms with Crippen LogP contribution in [0.15, 0.2) is 47.1 Å². The molecule has 0 bridgehead atoms. The van der Waals surface area contributed by atoms with Crippen molar-refractivity contribution < 1.29 is 4.74 Å². The molecular formula is C13H13BrN2O. The highest BCUT2D eigenvalue weighted by molar-refractivity contribution is 9.10. The zero-order chi connectivity index (χ0) is 12.1. The molecule has 1 heterocycles. The molecule has 0 aliphatic carbocycles. The first-order valence-corrected chi connectivity index (χ1v) is 6.10. The molecule has 17 heavy (non-hydrogen) atoms. The Bertz CT molecular complexity index is 502. The average Bonchev–Trinajstić information content (AvgIpc) is 2.38. The van der Waals surface area contributed by atoms with Crippen molar-refractivity contribution in [3.63, 3.8) is 0 Å². The number of nitrogens with zero attached hydrogens (tertiary/aromatic N) is 1. The highest BCUT2D eigenvalue weighted by Crippen LogP contribution is 2.18. The van der Waals surface area contributed by atoms with Crippen LogP contribution in [0, 0.1) is 0 Å². The monoisotopic (exact) mass is 292 g/mol. The molecular weight excluding hydrogens is 280 g/mol. The number of rotatable bonds is 4. The second-order valence-electron chi connectivity index (χ2n) is 3.59. The Morgan fingerprint density at radius 3 is 2.82 bits per heavy atom. The summed E-state index contributed by atoms with van der Waals surface area (Å²) in [5.74, 6) is 0.601. The first-order valence-electron chi connectivity index (χ1n) is 5.31. The Kier molecular flexibility index (Phi) is 4.12. The van der Waals surface area contributed by atoms with E-state index >= 15 is 0 Å². The zero-order valence-corrected chi connectivity index (χ0v) is 10.9. The summed E-state index contributed by atoms with van der Waals surface area (Å²) >= 11 is 3.48. The van der Waals surface area contributed by atoms with Crippen molar-refractivity contribution in [2.75, 3.05) is 0 Å². The van der Waals surface area contributed by atoms with Crippen LogP contribution in [0.3, 0.4) is 0 Å². The summed E-state index contributed by atoms with van der Waals surface area (Å²) in [7, 11) is 0. The summed E-state index contributed by atoms with van der Waals surface area (Å²) in [5, 5.41) is 0. The summed E-state index contributed by atoms with van der Waals surface area (Å²) in [4.78, 5) is 4.14. The molecule has 0 atom stereocenters. The molecule has 0 amide bonds. The Hall–Kier alpha value is -1.39. The third-order valence-corrected chi connectivity index (χ3v) is 3.14. The zero-order valence-electron chi connectivity index (χ0n) is 9.27. The largest absolute Gasteiger partial charge is 0.473 e. The molecule has 2 N–H and O–H groups in total. The third kappa shape index (κ3) is 3.28. The number of aromatic nitrogens is 1. The molecule has 1 aromatic carbocycles. The first-order chi connectivity index (χ1) is 8.29. The quantitative estimate of drug-likeness (QED) is 0.943. The molecule has 0 spiro atoms. The molecule has 2 aromatic rings. The number of halogens is 1. The van der Waals surface area contributed by atoms with Gasteiger partial charge in [-0.2, -0.15) is 0 Å². The standard InChI is InChI=1S/C13H13BrN2O/c14-12-4-2-1-3-11(12)9-17-13-7-10(8-15)5-6-16-13/h1-7H,8-9,15H2. The molecule has 0 aliphatic rings. The van der Waals surface area contributed by atoms with E-state index in [0.29, 0.717) is 19.0 Å². The van der Waals surface area contributed by atoms with Crippen LogP contribution in [0.1, 0.15) is 11.1 Å². The fraction of sp³-hybridized carbons (Fsp3) is 0.154. The van der Waals surface area contributed by atoms with Gasteiger partial charge in [0.1, 0.15) is 6.61 Å². The van der Waals surface area contributed by atoms with Crippen LogP contribution in [0.2, 0.25) is 0 Å². The Balaban J connectivity index is 2.05. The molecule has 1 aromatic heterocycles. The lowest BCUT2D eigenvalue weighted by Crippen LogP contribution is -2.01. The Morgan fingerprint density at radius 2 is 2.06 bits per heavy atom. The summed E-state index contributed by atoms with van der Waals surface area (Å²) in [6.45, 7) is 0.982. The minimum absolute atomic E-state index is 0.489. The van der Waals surface area contributed by atoms with E-state index in [1.54, 1.807) is 6.20 Å². The van der Waals surface area contributed by atoms with E-state index in [-0.39, 0.29) is 0 Å². The fourth-order valence-corrected chi connectivity index (χ4v) is 1.82. The van der Waals surface area contributed by atoms with Gasteiger partial charge < -0.3 is 10.5 Å². The Morgan fingerprint density at radius 1 is 1.24 bits per heavy atom. The van der Waals surface area contributed by atoms with Gasteiger partial charge >= 0.3 is 0 Å². The number of benzene rings is 1. The van der Waals surface area contributed by atoms with Crippen molar-refractivity contribution in [3.8, 4) is 5.88 Å². The highest BCUT2D eigenvalue weighted by Gasteiger charge is 2.01. The van der Waals surface area contributed by atoms with Gasteiger partial charge in [-0.05, 0) is 17.7 Å². The van der Waals surface area contributed by atoms with Crippen molar-refractivity contribution in [2.24, 2.45) is 5.73 Å². The summed E-state index contributed by atoms with van der Waals surface area (Å²) in [6, 6.07) is 11.7. The van der Waals surface area contributed by atoms with Gasteiger partial charge in [-0.25, -0.2) is 4.98 Å². The molecule has 0 saturated carbocycles. The van der Waals surface area contributed by atoms with Crippen molar-refractivity contribution in [1.29, 1.82) is 0 Å². The molecule has 88 valence electrons. The third-order valence-electron chi connectivity index (χ3n) is 2.37. The maximum atomic E-state index is 5.62. The van der Waals surface area contributed by atoms with Crippen molar-refractivity contribution >= 4 is 15.9 Å². The molecule has 0 unspecified atom stereocenters. The van der Waals surface area contributed by atoms with E-state index in [0.717, 1.165) is 15.6 Å². The van der Waals surface area contributed by atoms with E-state index in [1.165, 1.54) is 0 Å². The van der Waals surface area contributed by atoms with Gasteiger partial charge in [-0.3, -0.25) is 0 Å². The van der Waals surface area contributed by atoms with Gasteiger partial charge in [0.2, 0.25) is 5.88 Å². The summed E-state index contributed by atoms with van der Waals surface area (Å²) in [5.41, 5.74) is 7.67. The second-order valence-corrected chi connectivity index (χ2v) is 4.44. The minimum atomic E-state index is 0.489. The van der Waals surface area contributed by atoms with Crippen LogP contribution in [-0.2, 0) is 13.2 Å². The summed E-state index contributed by atoms with van der Waals surface area (Å²) < 4.78 is 6.66. The number of nitrogens with two attached hydrogens (primary N) is 1. The lowest BCUT2D eigenvalue weighted by Gasteiger charge is -2.07. The topological polar surface area (TPSA) is 48.1 Å². The average molecular weight is 293 g/mol. The van der Waals surface area contributed by atoms with Gasteiger partial charge in [-0.1, -0.05) is 34.1 Å². The van der Waals surface area contributed by atoms with Gasteiger partial charge in [0.05, 0.1) is 0 Å². The van der Waals surface area contributed by atoms with Crippen LogP contribution in [0.5, 0.6) is 5.88 Å². The van der Waals surface area contributed by atoms with Crippen LogP contribution in [0.4, 0.5) is 0 Å². The van der Waals surface area contributed by atoms with Gasteiger partial charge in [-0.15, -0.1) is 0 Å². The molecule has 0 saturated heterocycles. The van der Waals surface area contributed by atoms with E-state index < -0.39 is 0 Å². The number of ether oxygens (including phenoxy) is 1. The number of hydrogen-bond acceptors (Lipinski definition) is 3. The van der Waals surface area contributed by atoms with Gasteiger partial charge in [0, 0.05) is 28.8 Å². The maximum absolute atomic E-state index is 5.62. The van der Waals surface area contributed by atoms with E-state index in [1.807, 2.05) is 36.4 Å². The van der Waals surface area contributed by atoms with Crippen LogP contribution < -0.4 is 10.5 Å². The highest BCUT2D eigenvalue weighted by atomic mass is 79.9. The Labute approximate surface area is 109 Å². The van der Waals surface area contributed by atoms with Crippen molar-refractivity contribution in [2.45, 2.75) is 13.2 Å². The lowest BCUT2D eigenvalue weighted by atomic mass is 10.2. The van der Waals surface area contributed by atoms with Gasteiger partial charge in [0.15, 0.2) is 0 Å². The SMILES string of the molecule is NCc1ccnc(OCc2ccccc2Br)c1. The smallest absolute Gasteiger partial charge is 0.213 e. The molecule has 0 aliphatic heterocycles. The normalized spacial score (nSPS) is 10.2. The van der Waals surface area contributed by atoms with Crippen molar-refractivity contribution in [1.82, 2.24) is 4.98 Å². The van der Waals surface area contributed by atoms with E-state index in [2.05, 4.69) is 20.9 Å². The minimum Gasteiger partial charge on any atom is -0.473 e. The second kappa shape index (κ2) is 5.80. The first kappa shape index (κ1) is 12.1. The molecule has 0 fully saturated rings. The molecule has 2 rings (SSSR count). The molecule has 4 heteroatoms. The summed E-state index contributed by atoms with van der Waals surface area (Å²) in [6.07, 6.45) is 1.71. The van der Waals surface area contributed by atoms with E-state index in [9.17, 15) is 0 Å². The van der Waals surface area contributed by atoms with Crippen LogP contribution in [0.25, 0.3) is 0 Å². The molecule has 0 radical (unpaired) electrons. The number of pyridine rings is 1. The van der Waals surface area contributed by atoms with E-state index in [4.69, 9.17) is 10.5 Å². The number of hydrogen-bond donors (Lipinski definition) is 1. The van der Waals surface area contributed by atoms with Crippen molar-refractivity contribution in [3.05, 3.63) is 58.2 Å². The predicted molar refractivity (Wildman–Crippen MR) is 70.6 cm³/mol. The fourth-order valence-electron chi connectivity index (χ4n) is 1.42.